The molecule has 1 N–H and O–H groups in total. The maximum atomic E-state index is 11.9. The van der Waals surface area contributed by atoms with Crippen LogP contribution in [-0.2, 0) is 17.6 Å². The Morgan fingerprint density at radius 3 is 2.21 bits per heavy atom. The molecule has 0 bridgehead atoms. The van der Waals surface area contributed by atoms with Gasteiger partial charge >= 0.3 is 0 Å². The van der Waals surface area contributed by atoms with E-state index in [1.54, 1.807) is 12.1 Å². The van der Waals surface area contributed by atoms with E-state index in [-0.39, 0.29) is 18.0 Å². The Hall–Kier alpha value is -3.02. The van der Waals surface area contributed by atoms with Gasteiger partial charge in [0, 0.05) is 12.1 Å². The Morgan fingerprint density at radius 1 is 1.08 bits per heavy atom. The van der Waals surface area contributed by atoms with Crippen LogP contribution in [-0.4, -0.2) is 16.5 Å². The van der Waals surface area contributed by atoms with E-state index in [1.807, 2.05) is 31.2 Å². The summed E-state index contributed by atoms with van der Waals surface area (Å²) in [5.41, 5.74) is 6.12. The second-order valence-corrected chi connectivity index (χ2v) is 5.38. The molecule has 0 aliphatic rings. The van der Waals surface area contributed by atoms with Gasteiger partial charge in [0.2, 0.25) is 5.91 Å². The largest absolute Gasteiger partial charge is 0.273 e. The number of benzene rings is 2. The molecule has 0 radical (unpaired) electrons. The summed E-state index contributed by atoms with van der Waals surface area (Å²) in [5.74, 6) is -0.270. The van der Waals surface area contributed by atoms with E-state index < -0.39 is 4.92 Å². The Balaban J connectivity index is 1.94. The molecule has 0 saturated heterocycles. The molecule has 124 valence electrons. The summed E-state index contributed by atoms with van der Waals surface area (Å²) >= 11 is 0. The summed E-state index contributed by atoms with van der Waals surface area (Å²) in [4.78, 5) is 22.0. The summed E-state index contributed by atoms with van der Waals surface area (Å²) in [6.07, 6.45) is 1.09. The number of aryl methyl sites for hydroxylation is 1. The third-order valence-electron chi connectivity index (χ3n) is 3.64. The summed E-state index contributed by atoms with van der Waals surface area (Å²) in [5, 5.41) is 14.7. The fourth-order valence-corrected chi connectivity index (χ4v) is 2.15. The lowest BCUT2D eigenvalue weighted by molar-refractivity contribution is -0.384. The van der Waals surface area contributed by atoms with Gasteiger partial charge in [-0.1, -0.05) is 43.3 Å². The third-order valence-corrected chi connectivity index (χ3v) is 3.64. The van der Waals surface area contributed by atoms with Crippen LogP contribution < -0.4 is 5.43 Å². The van der Waals surface area contributed by atoms with Gasteiger partial charge in [-0.05, 0) is 30.0 Å². The number of hydrogen-bond donors (Lipinski definition) is 1. The van der Waals surface area contributed by atoms with Crippen molar-refractivity contribution in [3.63, 3.8) is 0 Å². The molecule has 0 aliphatic heterocycles. The van der Waals surface area contributed by atoms with E-state index in [0.29, 0.717) is 5.56 Å². The van der Waals surface area contributed by atoms with Crippen molar-refractivity contribution in [3.8, 4) is 0 Å². The third kappa shape index (κ3) is 4.74. The van der Waals surface area contributed by atoms with Crippen molar-refractivity contribution in [2.75, 3.05) is 0 Å². The molecular weight excluding hydrogens is 306 g/mol. The molecule has 0 aliphatic carbocycles. The SMILES string of the molecule is CCc1ccc(C(C)=NNC(=O)Cc2ccc([N+](=O)[O-])cc2)cc1. The first-order valence-electron chi connectivity index (χ1n) is 7.65. The highest BCUT2D eigenvalue weighted by atomic mass is 16.6. The number of nitro groups is 1. The average Bonchev–Trinajstić information content (AvgIpc) is 2.60. The summed E-state index contributed by atoms with van der Waals surface area (Å²) in [7, 11) is 0. The van der Waals surface area contributed by atoms with Gasteiger partial charge in [-0.15, -0.1) is 0 Å². The topological polar surface area (TPSA) is 84.6 Å². The van der Waals surface area contributed by atoms with E-state index in [9.17, 15) is 14.9 Å². The smallest absolute Gasteiger partial charge is 0.269 e. The van der Waals surface area contributed by atoms with E-state index in [4.69, 9.17) is 0 Å². The molecule has 24 heavy (non-hydrogen) atoms. The van der Waals surface area contributed by atoms with Crippen molar-refractivity contribution >= 4 is 17.3 Å². The molecule has 6 nitrogen and oxygen atoms in total. The fraction of sp³-hybridized carbons (Fsp3) is 0.222. The van der Waals surface area contributed by atoms with Crippen LogP contribution in [0.3, 0.4) is 0 Å². The van der Waals surface area contributed by atoms with Crippen molar-refractivity contribution in [3.05, 3.63) is 75.3 Å². The Labute approximate surface area is 140 Å². The van der Waals surface area contributed by atoms with Crippen molar-refractivity contribution in [2.24, 2.45) is 5.10 Å². The van der Waals surface area contributed by atoms with E-state index in [1.165, 1.54) is 17.7 Å². The zero-order valence-corrected chi connectivity index (χ0v) is 13.7. The minimum absolute atomic E-state index is 0.00329. The Morgan fingerprint density at radius 2 is 1.67 bits per heavy atom. The lowest BCUT2D eigenvalue weighted by Gasteiger charge is -2.04. The van der Waals surface area contributed by atoms with Gasteiger partial charge in [0.1, 0.15) is 0 Å². The van der Waals surface area contributed by atoms with Crippen molar-refractivity contribution < 1.29 is 9.72 Å². The normalized spacial score (nSPS) is 11.2. The van der Waals surface area contributed by atoms with Gasteiger partial charge in [-0.3, -0.25) is 14.9 Å². The molecule has 0 atom stereocenters. The summed E-state index contributed by atoms with van der Waals surface area (Å²) in [6, 6.07) is 13.9. The molecule has 0 aromatic heterocycles. The number of nitrogens with zero attached hydrogens (tertiary/aromatic N) is 2. The second-order valence-electron chi connectivity index (χ2n) is 5.38. The van der Waals surface area contributed by atoms with E-state index in [2.05, 4.69) is 17.5 Å². The molecule has 0 fully saturated rings. The molecule has 2 rings (SSSR count). The van der Waals surface area contributed by atoms with Crippen LogP contribution in [0.25, 0.3) is 0 Å². The second kappa shape index (κ2) is 8.01. The highest BCUT2D eigenvalue weighted by molar-refractivity contribution is 5.99. The maximum absolute atomic E-state index is 11.9. The minimum Gasteiger partial charge on any atom is -0.273 e. The van der Waals surface area contributed by atoms with E-state index in [0.717, 1.165) is 17.7 Å². The lowest BCUT2D eigenvalue weighted by atomic mass is 10.1. The zero-order chi connectivity index (χ0) is 17.5. The monoisotopic (exact) mass is 325 g/mol. The molecule has 2 aromatic carbocycles. The molecular formula is C18H19N3O3. The van der Waals surface area contributed by atoms with Gasteiger partial charge in [0.25, 0.3) is 5.69 Å². The Bertz CT molecular complexity index is 750. The van der Waals surface area contributed by atoms with Crippen LogP contribution in [0.1, 0.15) is 30.5 Å². The highest BCUT2D eigenvalue weighted by Crippen LogP contribution is 2.12. The van der Waals surface area contributed by atoms with Gasteiger partial charge < -0.3 is 0 Å². The van der Waals surface area contributed by atoms with Crippen LogP contribution in [0, 0.1) is 10.1 Å². The standard InChI is InChI=1S/C18H19N3O3/c1-3-14-4-8-16(9-5-14)13(2)19-20-18(22)12-15-6-10-17(11-7-15)21(23)24/h4-11H,3,12H2,1-2H3,(H,20,22). The average molecular weight is 325 g/mol. The number of rotatable bonds is 6. The predicted octanol–water partition coefficient (Wildman–Crippen LogP) is 3.24. The Kier molecular flexibility index (Phi) is 5.78. The van der Waals surface area contributed by atoms with Crippen molar-refractivity contribution in [2.45, 2.75) is 26.7 Å². The number of hydrazone groups is 1. The number of nitrogens with one attached hydrogen (secondary N) is 1. The van der Waals surface area contributed by atoms with Gasteiger partial charge in [0.05, 0.1) is 17.1 Å². The zero-order valence-electron chi connectivity index (χ0n) is 13.7. The number of carbonyl (C=O) groups excluding carboxylic acids is 1. The quantitative estimate of drug-likeness (QED) is 0.502. The molecule has 0 saturated carbocycles. The van der Waals surface area contributed by atoms with Crippen LogP contribution >= 0.6 is 0 Å². The van der Waals surface area contributed by atoms with Gasteiger partial charge in [-0.2, -0.15) is 5.10 Å². The number of hydrogen-bond acceptors (Lipinski definition) is 4. The molecule has 0 heterocycles. The summed E-state index contributed by atoms with van der Waals surface area (Å²) in [6.45, 7) is 3.92. The number of carbonyl (C=O) groups is 1. The van der Waals surface area contributed by atoms with Crippen LogP contribution in [0.2, 0.25) is 0 Å². The van der Waals surface area contributed by atoms with Crippen LogP contribution in [0.5, 0.6) is 0 Å². The molecule has 1 amide bonds. The van der Waals surface area contributed by atoms with Crippen LogP contribution in [0.15, 0.2) is 53.6 Å². The highest BCUT2D eigenvalue weighted by Gasteiger charge is 2.07. The molecule has 0 spiro atoms. The molecule has 6 heteroatoms. The summed E-state index contributed by atoms with van der Waals surface area (Å²) < 4.78 is 0. The molecule has 0 unspecified atom stereocenters. The van der Waals surface area contributed by atoms with Gasteiger partial charge in [-0.25, -0.2) is 5.43 Å². The lowest BCUT2D eigenvalue weighted by Crippen LogP contribution is -2.21. The van der Waals surface area contributed by atoms with Crippen LogP contribution in [0.4, 0.5) is 5.69 Å². The van der Waals surface area contributed by atoms with Crippen molar-refractivity contribution in [1.82, 2.24) is 5.43 Å². The number of amides is 1. The maximum Gasteiger partial charge on any atom is 0.269 e. The minimum atomic E-state index is -0.471. The predicted molar refractivity (Wildman–Crippen MR) is 93.0 cm³/mol. The first-order chi connectivity index (χ1) is 11.5. The first kappa shape index (κ1) is 17.3. The number of non-ortho nitro benzene ring substituents is 1. The first-order valence-corrected chi connectivity index (χ1v) is 7.65. The number of nitro benzene ring substituents is 1. The van der Waals surface area contributed by atoms with Gasteiger partial charge in [0.15, 0.2) is 0 Å². The fourth-order valence-electron chi connectivity index (χ4n) is 2.15. The van der Waals surface area contributed by atoms with Crippen molar-refractivity contribution in [1.29, 1.82) is 0 Å². The van der Waals surface area contributed by atoms with E-state index >= 15 is 0 Å². The molecule has 2 aromatic rings.